The zero-order chi connectivity index (χ0) is 14.2. The third kappa shape index (κ3) is 1.94. The number of ketones is 1. The molecule has 0 unspecified atom stereocenters. The minimum absolute atomic E-state index is 0.0196. The van der Waals surface area contributed by atoms with Gasteiger partial charge < -0.3 is 0 Å². The Hall–Kier alpha value is -2.52. The number of hydrogen-bond donors (Lipinski definition) is 0. The minimum Gasteiger partial charge on any atom is -0.287 e. The number of rotatable bonds is 2. The Kier molecular flexibility index (Phi) is 2.79. The molecule has 21 heavy (non-hydrogen) atoms. The number of nitrogens with zero attached hydrogens (tertiary/aromatic N) is 1. The van der Waals surface area contributed by atoms with Crippen molar-refractivity contribution in [1.29, 1.82) is 0 Å². The van der Waals surface area contributed by atoms with Crippen LogP contribution >= 0.6 is 11.3 Å². The third-order valence-electron chi connectivity index (χ3n) is 3.60. The first kappa shape index (κ1) is 12.2. The number of carbonyl (C=O) groups excluding carboxylic acids is 1. The van der Waals surface area contributed by atoms with Crippen molar-refractivity contribution in [2.45, 2.75) is 0 Å². The van der Waals surface area contributed by atoms with E-state index in [-0.39, 0.29) is 5.78 Å². The van der Waals surface area contributed by atoms with Gasteiger partial charge in [-0.15, -0.1) is 11.3 Å². The van der Waals surface area contributed by atoms with Gasteiger partial charge in [0.15, 0.2) is 0 Å². The van der Waals surface area contributed by atoms with Crippen LogP contribution in [0.25, 0.3) is 20.9 Å². The second kappa shape index (κ2) is 4.79. The van der Waals surface area contributed by atoms with Crippen molar-refractivity contribution >= 4 is 38.0 Å². The smallest absolute Gasteiger partial charge is 0.212 e. The number of benzene rings is 2. The molecule has 0 fully saturated rings. The Morgan fingerprint density at radius 3 is 2.67 bits per heavy atom. The second-order valence-electron chi connectivity index (χ2n) is 4.85. The van der Waals surface area contributed by atoms with Crippen molar-refractivity contribution in [3.63, 3.8) is 0 Å². The van der Waals surface area contributed by atoms with Gasteiger partial charge in [0.1, 0.15) is 5.69 Å². The van der Waals surface area contributed by atoms with Crippen LogP contribution in [0.2, 0.25) is 0 Å². The summed E-state index contributed by atoms with van der Waals surface area (Å²) >= 11 is 1.60. The summed E-state index contributed by atoms with van der Waals surface area (Å²) in [6.45, 7) is 0. The molecule has 4 rings (SSSR count). The molecule has 2 aromatic heterocycles. The average molecular weight is 289 g/mol. The van der Waals surface area contributed by atoms with Gasteiger partial charge in [-0.3, -0.25) is 9.78 Å². The van der Waals surface area contributed by atoms with Gasteiger partial charge >= 0.3 is 0 Å². The summed E-state index contributed by atoms with van der Waals surface area (Å²) in [6.07, 6.45) is 1.65. The first-order chi connectivity index (χ1) is 10.3. The number of carbonyl (C=O) groups is 1. The molecular formula is C18H11NOS. The molecule has 100 valence electrons. The molecule has 0 aliphatic heterocycles. The lowest BCUT2D eigenvalue weighted by Gasteiger charge is -2.06. The molecule has 0 amide bonds. The highest BCUT2D eigenvalue weighted by Crippen LogP contribution is 2.33. The van der Waals surface area contributed by atoms with E-state index in [2.05, 4.69) is 17.1 Å². The summed E-state index contributed by atoms with van der Waals surface area (Å²) in [4.78, 5) is 16.9. The van der Waals surface area contributed by atoms with Gasteiger partial charge in [-0.2, -0.15) is 0 Å². The van der Waals surface area contributed by atoms with E-state index in [4.69, 9.17) is 0 Å². The van der Waals surface area contributed by atoms with E-state index in [1.165, 1.54) is 5.39 Å². The normalized spacial score (nSPS) is 11.0. The molecule has 2 nitrogen and oxygen atoms in total. The van der Waals surface area contributed by atoms with Crippen molar-refractivity contribution in [3.8, 4) is 0 Å². The lowest BCUT2D eigenvalue weighted by atomic mass is 9.99. The van der Waals surface area contributed by atoms with Gasteiger partial charge in [-0.05, 0) is 40.4 Å². The Morgan fingerprint density at radius 2 is 1.81 bits per heavy atom. The number of fused-ring (bicyclic) bond motifs is 3. The van der Waals surface area contributed by atoms with Gasteiger partial charge in [0, 0.05) is 21.8 Å². The van der Waals surface area contributed by atoms with Crippen molar-refractivity contribution in [2.75, 3.05) is 0 Å². The summed E-state index contributed by atoms with van der Waals surface area (Å²) in [7, 11) is 0. The molecule has 4 aromatic rings. The zero-order valence-electron chi connectivity index (χ0n) is 11.1. The Bertz CT molecular complexity index is 957. The van der Waals surface area contributed by atoms with Crippen molar-refractivity contribution in [1.82, 2.24) is 4.98 Å². The SMILES string of the molecule is O=C(c1ccccn1)c1cc2ccccc2c2ccsc12. The highest BCUT2D eigenvalue weighted by molar-refractivity contribution is 7.17. The van der Waals surface area contributed by atoms with E-state index in [1.54, 1.807) is 23.6 Å². The average Bonchev–Trinajstić information content (AvgIpc) is 3.04. The van der Waals surface area contributed by atoms with Crippen LogP contribution < -0.4 is 0 Å². The van der Waals surface area contributed by atoms with E-state index in [0.29, 0.717) is 5.69 Å². The number of hydrogen-bond acceptors (Lipinski definition) is 3. The monoisotopic (exact) mass is 289 g/mol. The van der Waals surface area contributed by atoms with E-state index in [9.17, 15) is 4.79 Å². The Labute approximate surface area is 125 Å². The first-order valence-electron chi connectivity index (χ1n) is 6.69. The van der Waals surface area contributed by atoms with Gasteiger partial charge in [0.25, 0.3) is 0 Å². The Balaban J connectivity index is 2.03. The Morgan fingerprint density at radius 1 is 0.952 bits per heavy atom. The number of pyridine rings is 1. The van der Waals surface area contributed by atoms with Crippen LogP contribution in [-0.2, 0) is 0 Å². The number of aromatic nitrogens is 1. The van der Waals surface area contributed by atoms with Crippen LogP contribution in [0.15, 0.2) is 66.2 Å². The van der Waals surface area contributed by atoms with E-state index in [1.807, 2.05) is 41.8 Å². The molecule has 0 atom stereocenters. The predicted molar refractivity (Wildman–Crippen MR) is 87.0 cm³/mol. The van der Waals surface area contributed by atoms with Gasteiger partial charge in [0.2, 0.25) is 5.78 Å². The topological polar surface area (TPSA) is 30.0 Å². The van der Waals surface area contributed by atoms with Crippen molar-refractivity contribution in [2.24, 2.45) is 0 Å². The molecule has 0 aliphatic carbocycles. The molecule has 3 heteroatoms. The van der Waals surface area contributed by atoms with Crippen molar-refractivity contribution < 1.29 is 4.79 Å². The molecule has 0 N–H and O–H groups in total. The van der Waals surface area contributed by atoms with E-state index < -0.39 is 0 Å². The molecule has 2 aromatic carbocycles. The maximum atomic E-state index is 12.7. The fourth-order valence-electron chi connectivity index (χ4n) is 2.62. The maximum Gasteiger partial charge on any atom is 0.212 e. The standard InChI is InChI=1S/C18H11NOS/c20-17(16-7-3-4-9-19-16)15-11-12-5-1-2-6-13(12)14-8-10-21-18(14)15/h1-11H. The van der Waals surface area contributed by atoms with Crippen LogP contribution in [0.5, 0.6) is 0 Å². The zero-order valence-corrected chi connectivity index (χ0v) is 11.9. The van der Waals surface area contributed by atoms with Gasteiger partial charge in [-0.25, -0.2) is 0 Å². The molecule has 0 bridgehead atoms. The summed E-state index contributed by atoms with van der Waals surface area (Å²) in [5.74, 6) is -0.0196. The van der Waals surface area contributed by atoms with Crippen LogP contribution in [0, 0.1) is 0 Å². The lowest BCUT2D eigenvalue weighted by Crippen LogP contribution is -2.03. The van der Waals surface area contributed by atoms with Crippen LogP contribution in [0.3, 0.4) is 0 Å². The van der Waals surface area contributed by atoms with Crippen molar-refractivity contribution in [3.05, 3.63) is 77.4 Å². The highest BCUT2D eigenvalue weighted by Gasteiger charge is 2.16. The highest BCUT2D eigenvalue weighted by atomic mass is 32.1. The molecule has 2 heterocycles. The van der Waals surface area contributed by atoms with Gasteiger partial charge in [0.05, 0.1) is 0 Å². The fraction of sp³-hybridized carbons (Fsp3) is 0. The largest absolute Gasteiger partial charge is 0.287 e. The van der Waals surface area contributed by atoms with E-state index >= 15 is 0 Å². The van der Waals surface area contributed by atoms with Crippen LogP contribution in [-0.4, -0.2) is 10.8 Å². The summed E-state index contributed by atoms with van der Waals surface area (Å²) in [5, 5.41) is 5.44. The van der Waals surface area contributed by atoms with Crippen LogP contribution in [0.1, 0.15) is 16.1 Å². The summed E-state index contributed by atoms with van der Waals surface area (Å²) in [5.41, 5.74) is 1.22. The summed E-state index contributed by atoms with van der Waals surface area (Å²) in [6, 6.07) is 17.6. The molecule has 0 saturated heterocycles. The second-order valence-corrected chi connectivity index (χ2v) is 5.77. The molecule has 0 radical (unpaired) electrons. The minimum atomic E-state index is -0.0196. The third-order valence-corrected chi connectivity index (χ3v) is 4.55. The lowest BCUT2D eigenvalue weighted by molar-refractivity contribution is 0.103. The first-order valence-corrected chi connectivity index (χ1v) is 7.57. The fourth-order valence-corrected chi connectivity index (χ4v) is 3.55. The quantitative estimate of drug-likeness (QED) is 0.501. The molecule has 0 saturated carbocycles. The maximum absolute atomic E-state index is 12.7. The van der Waals surface area contributed by atoms with E-state index in [0.717, 1.165) is 21.0 Å². The van der Waals surface area contributed by atoms with Gasteiger partial charge in [-0.1, -0.05) is 30.3 Å². The van der Waals surface area contributed by atoms with Crippen LogP contribution in [0.4, 0.5) is 0 Å². The number of thiophene rings is 1. The summed E-state index contributed by atoms with van der Waals surface area (Å²) < 4.78 is 1.03. The molecule has 0 aliphatic rings. The predicted octanol–water partition coefficient (Wildman–Crippen LogP) is 4.68. The molecular weight excluding hydrogens is 278 g/mol. The molecule has 0 spiro atoms.